The van der Waals surface area contributed by atoms with Crippen LogP contribution in [0.3, 0.4) is 0 Å². The number of tetrazole rings is 1. The molecule has 0 aliphatic heterocycles. The van der Waals surface area contributed by atoms with Crippen molar-refractivity contribution < 1.29 is 18.4 Å². The Morgan fingerprint density at radius 2 is 1.78 bits per heavy atom. The van der Waals surface area contributed by atoms with Crippen molar-refractivity contribution in [3.63, 3.8) is 0 Å². The van der Waals surface area contributed by atoms with Crippen molar-refractivity contribution in [2.75, 3.05) is 10.6 Å². The van der Waals surface area contributed by atoms with Crippen molar-refractivity contribution in [3.05, 3.63) is 64.1 Å². The Bertz CT molecular complexity index is 1210. The van der Waals surface area contributed by atoms with E-state index >= 15 is 0 Å². The van der Waals surface area contributed by atoms with E-state index in [0.29, 0.717) is 34.2 Å². The Morgan fingerprint density at radius 1 is 1.09 bits per heavy atom. The maximum Gasteiger partial charge on any atom is 0.377 e. The molecule has 0 atom stereocenters. The molecule has 32 heavy (non-hydrogen) atoms. The summed E-state index contributed by atoms with van der Waals surface area (Å²) >= 11 is 0. The van der Waals surface area contributed by atoms with Crippen molar-refractivity contribution in [1.82, 2.24) is 19.8 Å². The van der Waals surface area contributed by atoms with E-state index in [4.69, 9.17) is 5.73 Å². The third-order valence-electron chi connectivity index (χ3n) is 5.53. The van der Waals surface area contributed by atoms with Crippen LogP contribution in [0.1, 0.15) is 42.5 Å². The number of aromatic nitrogens is 4. The first-order valence-electron chi connectivity index (χ1n) is 10.1. The number of benzene rings is 2. The lowest BCUT2D eigenvalue weighted by Crippen LogP contribution is -2.47. The van der Waals surface area contributed by atoms with Crippen LogP contribution in [-0.2, 0) is 0 Å². The fraction of sp³-hybridized carbons (Fsp3) is 0.286. The highest BCUT2D eigenvalue weighted by molar-refractivity contribution is 5.95. The van der Waals surface area contributed by atoms with Gasteiger partial charge in [-0.25, -0.2) is 18.4 Å². The summed E-state index contributed by atoms with van der Waals surface area (Å²) in [5.41, 5.74) is 4.76. The molecule has 1 fully saturated rings. The molecular formula is C21H20F2N6O3. The molecule has 0 bridgehead atoms. The van der Waals surface area contributed by atoms with E-state index < -0.39 is 29.0 Å². The van der Waals surface area contributed by atoms with Gasteiger partial charge in [-0.15, -0.1) is 4.68 Å². The minimum atomic E-state index is -1.12. The van der Waals surface area contributed by atoms with Crippen LogP contribution in [0.2, 0.25) is 0 Å². The van der Waals surface area contributed by atoms with Gasteiger partial charge in [0.1, 0.15) is 5.69 Å². The molecule has 11 heteroatoms. The number of nitrogen functional groups attached to an aromatic ring is 1. The highest BCUT2D eigenvalue weighted by Gasteiger charge is 2.31. The van der Waals surface area contributed by atoms with Crippen LogP contribution in [0.4, 0.5) is 25.0 Å². The Morgan fingerprint density at radius 3 is 2.44 bits per heavy atom. The summed E-state index contributed by atoms with van der Waals surface area (Å²) < 4.78 is 29.2. The Balaban J connectivity index is 1.79. The molecule has 1 aliphatic rings. The van der Waals surface area contributed by atoms with E-state index in [1.54, 1.807) is 6.07 Å². The zero-order chi connectivity index (χ0) is 22.8. The van der Waals surface area contributed by atoms with E-state index in [-0.39, 0.29) is 17.3 Å². The number of carbonyl (C=O) groups is 2. The molecule has 9 nitrogen and oxygen atoms in total. The number of carbonyl (C=O) groups excluding carboxylic acids is 2. The van der Waals surface area contributed by atoms with Crippen LogP contribution in [0.5, 0.6) is 0 Å². The van der Waals surface area contributed by atoms with Crippen LogP contribution in [-0.4, -0.2) is 38.1 Å². The first-order chi connectivity index (χ1) is 15.4. The van der Waals surface area contributed by atoms with Gasteiger partial charge in [0.15, 0.2) is 17.9 Å². The zero-order valence-corrected chi connectivity index (χ0v) is 16.9. The molecule has 0 saturated heterocycles. The van der Waals surface area contributed by atoms with Gasteiger partial charge in [-0.3, -0.25) is 9.69 Å². The van der Waals surface area contributed by atoms with Gasteiger partial charge in [-0.2, -0.15) is 4.68 Å². The topological polar surface area (TPSA) is 116 Å². The number of para-hydroxylation sites is 1. The molecule has 4 rings (SSSR count). The van der Waals surface area contributed by atoms with E-state index in [1.165, 1.54) is 17.0 Å². The summed E-state index contributed by atoms with van der Waals surface area (Å²) in [6.07, 6.45) is 4.71. The molecule has 2 aromatic carbocycles. The molecule has 0 unspecified atom stereocenters. The first-order valence-corrected chi connectivity index (χ1v) is 10.1. The SMILES string of the molecule is Nc1ccc(N(C(=O)n2nnn(-c3c(F)cccc3F)c2=O)C2CCCCC2)cc1C=O. The van der Waals surface area contributed by atoms with Crippen LogP contribution in [0.25, 0.3) is 5.69 Å². The first kappa shape index (κ1) is 21.3. The molecule has 1 saturated carbocycles. The maximum absolute atomic E-state index is 14.1. The quantitative estimate of drug-likeness (QED) is 0.377. The van der Waals surface area contributed by atoms with Crippen LogP contribution in [0, 0.1) is 11.6 Å². The molecule has 1 aromatic heterocycles. The number of nitrogens with two attached hydrogens (primary N) is 1. The van der Waals surface area contributed by atoms with Gasteiger partial charge in [0.25, 0.3) is 0 Å². The largest absolute Gasteiger partial charge is 0.398 e. The number of hydrogen-bond donors (Lipinski definition) is 1. The Kier molecular flexibility index (Phi) is 5.80. The van der Waals surface area contributed by atoms with Gasteiger partial charge in [0, 0.05) is 23.0 Å². The highest BCUT2D eigenvalue weighted by atomic mass is 19.1. The second-order valence-electron chi connectivity index (χ2n) is 7.53. The zero-order valence-electron chi connectivity index (χ0n) is 16.9. The number of halogens is 2. The molecular weight excluding hydrogens is 422 g/mol. The van der Waals surface area contributed by atoms with Gasteiger partial charge in [0.05, 0.1) is 0 Å². The molecule has 3 aromatic rings. The standard InChI is InChI=1S/C21H20F2N6O3/c22-16-7-4-8-17(23)19(16)28-21(32)29(26-25-28)20(31)27(14-5-2-1-3-6-14)15-9-10-18(24)13(11-15)12-30/h4,7-12,14H,1-3,5-6,24H2. The lowest BCUT2D eigenvalue weighted by Gasteiger charge is -2.33. The second-order valence-corrected chi connectivity index (χ2v) is 7.53. The lowest BCUT2D eigenvalue weighted by molar-refractivity contribution is 0.112. The summed E-state index contributed by atoms with van der Waals surface area (Å²) in [5.74, 6) is -2.05. The van der Waals surface area contributed by atoms with Crippen molar-refractivity contribution >= 4 is 23.7 Å². The summed E-state index contributed by atoms with van der Waals surface area (Å²) in [7, 11) is 0. The van der Waals surface area contributed by atoms with Gasteiger partial charge >= 0.3 is 11.7 Å². The smallest absolute Gasteiger partial charge is 0.377 e. The van der Waals surface area contributed by atoms with Crippen molar-refractivity contribution in [3.8, 4) is 5.69 Å². The van der Waals surface area contributed by atoms with Gasteiger partial charge in [0.2, 0.25) is 0 Å². The summed E-state index contributed by atoms with van der Waals surface area (Å²) in [5, 5.41) is 7.09. The van der Waals surface area contributed by atoms with Gasteiger partial charge in [-0.1, -0.05) is 25.3 Å². The molecule has 0 spiro atoms. The van der Waals surface area contributed by atoms with Gasteiger partial charge in [-0.05, 0) is 53.6 Å². The Hall–Kier alpha value is -3.89. The van der Waals surface area contributed by atoms with Crippen molar-refractivity contribution in [2.24, 2.45) is 0 Å². The number of rotatable bonds is 4. The molecule has 0 radical (unpaired) electrons. The molecule has 2 N–H and O–H groups in total. The summed E-state index contributed by atoms with van der Waals surface area (Å²) in [6.45, 7) is 0. The predicted octanol–water partition coefficient (Wildman–Crippen LogP) is 2.91. The fourth-order valence-electron chi connectivity index (χ4n) is 3.93. The highest BCUT2D eigenvalue weighted by Crippen LogP contribution is 2.29. The number of amides is 1. The average Bonchev–Trinajstić information content (AvgIpc) is 3.16. The Labute approximate surface area is 181 Å². The fourth-order valence-corrected chi connectivity index (χ4v) is 3.93. The number of aldehydes is 1. The van der Waals surface area contributed by atoms with E-state index in [0.717, 1.165) is 37.5 Å². The molecule has 1 heterocycles. The third-order valence-corrected chi connectivity index (χ3v) is 5.53. The maximum atomic E-state index is 14.1. The minimum absolute atomic E-state index is 0.195. The number of anilines is 2. The summed E-state index contributed by atoms with van der Waals surface area (Å²) in [4.78, 5) is 39.0. The normalized spacial score (nSPS) is 14.3. The van der Waals surface area contributed by atoms with Gasteiger partial charge < -0.3 is 5.73 Å². The van der Waals surface area contributed by atoms with Crippen molar-refractivity contribution in [2.45, 2.75) is 38.1 Å². The van der Waals surface area contributed by atoms with E-state index in [2.05, 4.69) is 10.4 Å². The molecule has 166 valence electrons. The van der Waals surface area contributed by atoms with E-state index in [9.17, 15) is 23.2 Å². The average molecular weight is 442 g/mol. The molecule has 1 aliphatic carbocycles. The lowest BCUT2D eigenvalue weighted by atomic mass is 9.94. The number of hydrogen-bond acceptors (Lipinski definition) is 6. The van der Waals surface area contributed by atoms with Crippen LogP contribution in [0.15, 0.2) is 41.2 Å². The molecule has 1 amide bonds. The van der Waals surface area contributed by atoms with Crippen LogP contribution >= 0.6 is 0 Å². The number of nitrogens with zero attached hydrogens (tertiary/aromatic N) is 5. The summed E-state index contributed by atoms with van der Waals surface area (Å²) in [6, 6.07) is 6.50. The monoisotopic (exact) mass is 442 g/mol. The minimum Gasteiger partial charge on any atom is -0.398 e. The predicted molar refractivity (Wildman–Crippen MR) is 112 cm³/mol. The van der Waals surface area contributed by atoms with E-state index in [1.807, 2.05) is 0 Å². The second kappa shape index (κ2) is 8.69. The van der Waals surface area contributed by atoms with Crippen molar-refractivity contribution in [1.29, 1.82) is 0 Å². The van der Waals surface area contributed by atoms with Crippen LogP contribution < -0.4 is 16.3 Å². The third kappa shape index (κ3) is 3.77.